The van der Waals surface area contributed by atoms with E-state index < -0.39 is 16.9 Å². The fourth-order valence-corrected chi connectivity index (χ4v) is 4.68. The monoisotopic (exact) mass is 532 g/mol. The SMILES string of the molecule is COc1ccc2ccccc2c1CN1C(=O)C(N)CN(C(=O)c2ccc([N+](=O)[O-])cc2)c2ccccc21.Cl. The predicted molar refractivity (Wildman–Crippen MR) is 148 cm³/mol. The number of carbonyl (C=O) groups excluding carboxylic acids is 2. The molecule has 10 heteroatoms. The molecule has 0 radical (unpaired) electrons. The van der Waals surface area contributed by atoms with Gasteiger partial charge in [-0.1, -0.05) is 42.5 Å². The van der Waals surface area contributed by atoms with Crippen LogP contribution in [0.15, 0.2) is 84.9 Å². The molecule has 0 saturated carbocycles. The topological polar surface area (TPSA) is 119 Å². The molecule has 4 aromatic rings. The Hall–Kier alpha value is -4.47. The maximum Gasteiger partial charge on any atom is 0.269 e. The van der Waals surface area contributed by atoms with Crippen molar-refractivity contribution in [2.45, 2.75) is 12.6 Å². The van der Waals surface area contributed by atoms with E-state index >= 15 is 0 Å². The first-order chi connectivity index (χ1) is 17.9. The van der Waals surface area contributed by atoms with Crippen molar-refractivity contribution in [1.29, 1.82) is 0 Å². The van der Waals surface area contributed by atoms with Crippen LogP contribution in [0.3, 0.4) is 0 Å². The van der Waals surface area contributed by atoms with E-state index in [1.54, 1.807) is 36.3 Å². The van der Waals surface area contributed by atoms with Gasteiger partial charge in [-0.05, 0) is 41.1 Å². The molecule has 0 aromatic heterocycles. The van der Waals surface area contributed by atoms with Crippen LogP contribution in [-0.4, -0.2) is 36.4 Å². The minimum absolute atomic E-state index is 0. The molecule has 0 spiro atoms. The summed E-state index contributed by atoms with van der Waals surface area (Å²) in [4.78, 5) is 40.7. The highest BCUT2D eigenvalue weighted by Gasteiger charge is 2.35. The lowest BCUT2D eigenvalue weighted by Crippen LogP contribution is -2.48. The van der Waals surface area contributed by atoms with E-state index in [-0.39, 0.29) is 42.7 Å². The molecule has 194 valence electrons. The molecule has 0 fully saturated rings. The van der Waals surface area contributed by atoms with Crippen molar-refractivity contribution in [3.8, 4) is 5.75 Å². The number of nitro groups is 1. The number of nitro benzene ring substituents is 1. The van der Waals surface area contributed by atoms with Gasteiger partial charge in [0.1, 0.15) is 11.8 Å². The van der Waals surface area contributed by atoms with Gasteiger partial charge in [-0.15, -0.1) is 12.4 Å². The Labute approximate surface area is 225 Å². The second kappa shape index (κ2) is 10.9. The molecule has 1 aliphatic rings. The van der Waals surface area contributed by atoms with Crippen LogP contribution in [0, 0.1) is 10.1 Å². The van der Waals surface area contributed by atoms with E-state index in [4.69, 9.17) is 10.5 Å². The zero-order valence-electron chi connectivity index (χ0n) is 20.4. The van der Waals surface area contributed by atoms with Crippen LogP contribution in [0.4, 0.5) is 17.1 Å². The number of methoxy groups -OCH3 is 1. The molecule has 0 bridgehead atoms. The minimum atomic E-state index is -0.990. The van der Waals surface area contributed by atoms with Crippen molar-refractivity contribution in [3.05, 3.63) is 106 Å². The third kappa shape index (κ3) is 4.77. The van der Waals surface area contributed by atoms with Gasteiger partial charge in [0.05, 0.1) is 36.5 Å². The molecule has 2 amide bonds. The number of nitrogens with two attached hydrogens (primary N) is 1. The van der Waals surface area contributed by atoms with Gasteiger partial charge in [0, 0.05) is 23.3 Å². The lowest BCUT2D eigenvalue weighted by Gasteiger charge is -2.26. The van der Waals surface area contributed by atoms with Gasteiger partial charge in [0.15, 0.2) is 0 Å². The van der Waals surface area contributed by atoms with E-state index in [0.717, 1.165) is 16.3 Å². The van der Waals surface area contributed by atoms with E-state index in [9.17, 15) is 19.7 Å². The van der Waals surface area contributed by atoms with Gasteiger partial charge >= 0.3 is 0 Å². The van der Waals surface area contributed by atoms with Gasteiger partial charge in [-0.25, -0.2) is 0 Å². The summed E-state index contributed by atoms with van der Waals surface area (Å²) in [5.74, 6) is -0.0998. The highest BCUT2D eigenvalue weighted by Crippen LogP contribution is 2.37. The van der Waals surface area contributed by atoms with E-state index in [0.29, 0.717) is 17.1 Å². The molecule has 0 aliphatic carbocycles. The largest absolute Gasteiger partial charge is 0.496 e. The maximum atomic E-state index is 13.6. The average molecular weight is 533 g/mol. The third-order valence-electron chi connectivity index (χ3n) is 6.53. The predicted octanol–water partition coefficient (Wildman–Crippen LogP) is 4.70. The van der Waals surface area contributed by atoms with Gasteiger partial charge in [-0.2, -0.15) is 0 Å². The standard InChI is InChI=1S/C28H24N4O5.ClH/c1-37-26-15-12-18-6-2-3-7-21(18)22(26)16-30-24-8-4-5-9-25(24)31(17-23(29)28(30)34)27(33)19-10-13-20(14-11-19)32(35)36;/h2-15,23H,16-17,29H2,1H3;1H. The van der Waals surface area contributed by atoms with Gasteiger partial charge in [0.2, 0.25) is 5.91 Å². The Morgan fingerprint density at radius 3 is 2.34 bits per heavy atom. The second-order valence-corrected chi connectivity index (χ2v) is 8.71. The van der Waals surface area contributed by atoms with E-state index in [1.165, 1.54) is 29.2 Å². The van der Waals surface area contributed by atoms with Crippen molar-refractivity contribution in [1.82, 2.24) is 0 Å². The number of non-ortho nitro benzene ring substituents is 1. The van der Waals surface area contributed by atoms with Gasteiger partial charge in [-0.3, -0.25) is 19.7 Å². The molecule has 38 heavy (non-hydrogen) atoms. The summed E-state index contributed by atoms with van der Waals surface area (Å²) in [6.07, 6.45) is 0. The molecule has 2 N–H and O–H groups in total. The lowest BCUT2D eigenvalue weighted by atomic mass is 10.0. The Bertz CT molecular complexity index is 1530. The summed E-state index contributed by atoms with van der Waals surface area (Å²) in [5, 5.41) is 13.0. The van der Waals surface area contributed by atoms with Crippen LogP contribution in [0.5, 0.6) is 5.75 Å². The quantitative estimate of drug-likeness (QED) is 0.294. The molecule has 9 nitrogen and oxygen atoms in total. The summed E-state index contributed by atoms with van der Waals surface area (Å²) in [7, 11) is 1.59. The highest BCUT2D eigenvalue weighted by molar-refractivity contribution is 6.12. The third-order valence-corrected chi connectivity index (χ3v) is 6.53. The van der Waals surface area contributed by atoms with Crippen LogP contribution in [-0.2, 0) is 11.3 Å². The number of halogens is 1. The molecule has 4 aromatic carbocycles. The van der Waals surface area contributed by atoms with Crippen LogP contribution >= 0.6 is 12.4 Å². The number of carbonyl (C=O) groups is 2. The van der Waals surface area contributed by atoms with Gasteiger partial charge < -0.3 is 20.3 Å². The Kier molecular flexibility index (Phi) is 7.61. The summed E-state index contributed by atoms with van der Waals surface area (Å²) in [6.45, 7) is 0.141. The molecule has 1 aliphatic heterocycles. The summed E-state index contributed by atoms with van der Waals surface area (Å²) in [6, 6.07) is 23.2. The number of nitrogens with zero attached hydrogens (tertiary/aromatic N) is 3. The number of hydrogen-bond donors (Lipinski definition) is 1. The minimum Gasteiger partial charge on any atom is -0.496 e. The van der Waals surface area contributed by atoms with Crippen molar-refractivity contribution in [2.24, 2.45) is 5.73 Å². The van der Waals surface area contributed by atoms with E-state index in [1.807, 2.05) is 36.4 Å². The number of benzene rings is 4. The number of para-hydroxylation sites is 2. The lowest BCUT2D eigenvalue weighted by molar-refractivity contribution is -0.384. The molecular weight excluding hydrogens is 508 g/mol. The first-order valence-electron chi connectivity index (χ1n) is 11.7. The van der Waals surface area contributed by atoms with Crippen molar-refractivity contribution in [3.63, 3.8) is 0 Å². The Morgan fingerprint density at radius 1 is 1.00 bits per heavy atom. The Balaban J connectivity index is 0.00000336. The average Bonchev–Trinajstić information content (AvgIpc) is 3.03. The fourth-order valence-electron chi connectivity index (χ4n) is 4.68. The molecule has 1 heterocycles. The molecule has 1 unspecified atom stereocenters. The summed E-state index contributed by atoms with van der Waals surface area (Å²) in [5.41, 5.74) is 8.37. The number of amides is 2. The highest BCUT2D eigenvalue weighted by atomic mass is 35.5. The summed E-state index contributed by atoms with van der Waals surface area (Å²) >= 11 is 0. The number of fused-ring (bicyclic) bond motifs is 2. The first-order valence-corrected chi connectivity index (χ1v) is 11.7. The summed E-state index contributed by atoms with van der Waals surface area (Å²) < 4.78 is 5.64. The van der Waals surface area contributed by atoms with Crippen molar-refractivity contribution < 1.29 is 19.2 Å². The van der Waals surface area contributed by atoms with Crippen LogP contribution < -0.4 is 20.3 Å². The fraction of sp³-hybridized carbons (Fsp3) is 0.143. The van der Waals surface area contributed by atoms with Crippen molar-refractivity contribution in [2.75, 3.05) is 23.5 Å². The maximum absolute atomic E-state index is 13.6. The number of rotatable bonds is 5. The number of ether oxygens (including phenoxy) is 1. The van der Waals surface area contributed by atoms with Gasteiger partial charge in [0.25, 0.3) is 11.6 Å². The molecular formula is C28H25ClN4O5. The second-order valence-electron chi connectivity index (χ2n) is 8.71. The molecule has 5 rings (SSSR count). The van der Waals surface area contributed by atoms with Crippen LogP contribution in [0.2, 0.25) is 0 Å². The normalized spacial score (nSPS) is 14.9. The zero-order chi connectivity index (χ0) is 26.1. The van der Waals surface area contributed by atoms with Crippen LogP contribution in [0.25, 0.3) is 10.8 Å². The zero-order valence-corrected chi connectivity index (χ0v) is 21.3. The first kappa shape index (κ1) is 26.6. The van der Waals surface area contributed by atoms with Crippen LogP contribution in [0.1, 0.15) is 15.9 Å². The number of anilines is 2. The number of hydrogen-bond acceptors (Lipinski definition) is 6. The molecule has 0 saturated heterocycles. The van der Waals surface area contributed by atoms with E-state index in [2.05, 4.69) is 0 Å². The smallest absolute Gasteiger partial charge is 0.269 e. The van der Waals surface area contributed by atoms with Crippen molar-refractivity contribution >= 4 is 52.1 Å². The molecule has 1 atom stereocenters. The Morgan fingerprint density at radius 2 is 1.66 bits per heavy atom.